The summed E-state index contributed by atoms with van der Waals surface area (Å²) in [5.74, 6) is -1.31. The van der Waals surface area contributed by atoms with E-state index < -0.39 is 23.3 Å². The average molecular weight is 863 g/mol. The second-order valence-electron chi connectivity index (χ2n) is 17.2. The fraction of sp³-hybridized carbons (Fsp3) is 0.560. The van der Waals surface area contributed by atoms with Crippen molar-refractivity contribution in [2.45, 2.75) is 145 Å². The highest BCUT2D eigenvalue weighted by atomic mass is 32.1. The highest BCUT2D eigenvalue weighted by molar-refractivity contribution is 7.80. The largest absolute Gasteiger partial charge is 0.507 e. The molecule has 3 N–H and O–H groups in total. The van der Waals surface area contributed by atoms with Crippen molar-refractivity contribution in [2.75, 3.05) is 26.4 Å². The molecule has 0 amide bonds. The summed E-state index contributed by atoms with van der Waals surface area (Å²) in [5.41, 5.74) is 4.36. The molecular formula is C50H70O10S. The molecule has 1 unspecified atom stereocenters. The maximum atomic E-state index is 13.4. The number of hydrogen-bond donors (Lipinski definition) is 3. The smallest absolute Gasteiger partial charge is 0.310 e. The van der Waals surface area contributed by atoms with Gasteiger partial charge in [0.2, 0.25) is 0 Å². The normalized spacial score (nSPS) is 11.9. The van der Waals surface area contributed by atoms with Crippen LogP contribution >= 0.6 is 12.2 Å². The maximum Gasteiger partial charge on any atom is 0.310 e. The molecule has 0 aromatic heterocycles. The molecule has 0 saturated carbocycles. The third-order valence-corrected chi connectivity index (χ3v) is 11.7. The molecule has 0 aliphatic heterocycles. The molecular weight excluding hydrogens is 793 g/mol. The van der Waals surface area contributed by atoms with Gasteiger partial charge in [-0.2, -0.15) is 0 Å². The van der Waals surface area contributed by atoms with Crippen molar-refractivity contribution >= 4 is 35.2 Å². The molecule has 0 bridgehead atoms. The molecule has 0 spiro atoms. The number of phenolic OH excluding ortho intramolecular Hbond substituents is 3. The van der Waals surface area contributed by atoms with Crippen LogP contribution in [0.15, 0.2) is 36.4 Å². The zero-order valence-electron chi connectivity index (χ0n) is 37.9. The molecule has 3 aromatic rings. The number of esters is 3. The van der Waals surface area contributed by atoms with Crippen LogP contribution in [-0.2, 0) is 52.6 Å². The quantitative estimate of drug-likeness (QED) is 0.0306. The molecule has 3 aromatic carbocycles. The first kappa shape index (κ1) is 50.7. The zero-order valence-corrected chi connectivity index (χ0v) is 38.7. The molecule has 3 rings (SSSR count). The maximum absolute atomic E-state index is 13.4. The topological polar surface area (TPSA) is 149 Å². The van der Waals surface area contributed by atoms with E-state index in [-0.39, 0.29) is 68.9 Å². The van der Waals surface area contributed by atoms with E-state index in [4.69, 9.17) is 31.2 Å². The van der Waals surface area contributed by atoms with E-state index >= 15 is 0 Å². The number of carbonyl (C=O) groups excluding carboxylic acids is 3. The van der Waals surface area contributed by atoms with Gasteiger partial charge in [-0.05, 0) is 110 Å². The number of hydrogen-bond acceptors (Lipinski definition) is 11. The fourth-order valence-electron chi connectivity index (χ4n) is 7.47. The summed E-state index contributed by atoms with van der Waals surface area (Å²) in [7, 11) is 0. The molecule has 0 aliphatic rings. The van der Waals surface area contributed by atoms with Crippen molar-refractivity contribution in [3.8, 4) is 17.2 Å². The highest BCUT2D eigenvalue weighted by Gasteiger charge is 2.38. The molecule has 11 heteroatoms. The summed E-state index contributed by atoms with van der Waals surface area (Å²) in [6, 6.07) is 10.3. The summed E-state index contributed by atoms with van der Waals surface area (Å²) in [6.07, 6.45) is 12.8. The van der Waals surface area contributed by atoms with Crippen molar-refractivity contribution in [3.05, 3.63) is 86.5 Å². The van der Waals surface area contributed by atoms with E-state index in [2.05, 4.69) is 6.92 Å². The second-order valence-corrected chi connectivity index (χ2v) is 17.6. The van der Waals surface area contributed by atoms with Gasteiger partial charge in [-0.1, -0.05) is 114 Å². The van der Waals surface area contributed by atoms with Crippen LogP contribution in [0.3, 0.4) is 0 Å². The van der Waals surface area contributed by atoms with Gasteiger partial charge in [0.15, 0.2) is 5.05 Å². The summed E-state index contributed by atoms with van der Waals surface area (Å²) in [5, 5.41) is 31.2. The van der Waals surface area contributed by atoms with Gasteiger partial charge in [0.05, 0.1) is 19.3 Å². The van der Waals surface area contributed by atoms with Crippen LogP contribution in [0, 0.1) is 52.9 Å². The van der Waals surface area contributed by atoms with E-state index in [0.717, 1.165) is 19.3 Å². The zero-order chi connectivity index (χ0) is 45.1. The van der Waals surface area contributed by atoms with Gasteiger partial charge in [-0.25, -0.2) is 0 Å². The number of aryl methyl sites for hydroxylation is 6. The lowest BCUT2D eigenvalue weighted by Gasteiger charge is -2.32. The summed E-state index contributed by atoms with van der Waals surface area (Å²) in [4.78, 5) is 40.3. The van der Waals surface area contributed by atoms with Gasteiger partial charge in [0.25, 0.3) is 0 Å². The van der Waals surface area contributed by atoms with Crippen molar-refractivity contribution in [2.24, 2.45) is 11.3 Å². The third kappa shape index (κ3) is 17.3. The molecule has 10 nitrogen and oxygen atoms in total. The third-order valence-electron chi connectivity index (χ3n) is 11.2. The van der Waals surface area contributed by atoms with Crippen LogP contribution in [0.4, 0.5) is 0 Å². The van der Waals surface area contributed by atoms with Gasteiger partial charge in [-0.3, -0.25) is 14.4 Å². The molecule has 0 heterocycles. The summed E-state index contributed by atoms with van der Waals surface area (Å²) < 4.78 is 23.9. The van der Waals surface area contributed by atoms with Crippen molar-refractivity contribution in [3.63, 3.8) is 0 Å². The minimum absolute atomic E-state index is 0.0580. The van der Waals surface area contributed by atoms with E-state index in [1.54, 1.807) is 77.9 Å². The van der Waals surface area contributed by atoms with Crippen LogP contribution < -0.4 is 0 Å². The molecule has 0 saturated heterocycles. The van der Waals surface area contributed by atoms with Gasteiger partial charge < -0.3 is 34.3 Å². The number of rotatable bonds is 26. The Hall–Kier alpha value is -4.64. The first-order chi connectivity index (χ1) is 28.9. The molecule has 1 atom stereocenters. The first-order valence-electron chi connectivity index (χ1n) is 21.9. The SMILES string of the molecule is CCCCCCCCCCCCC(C)C(=S)OCC(COC(=O)Cc1cc(C)c(O)c(C)c1)(COC(=O)Cc1cc(C)c(O)c(C)c1)COC(=O)Cc1cc(C)c(O)c(C)c1. The Bertz CT molecular complexity index is 1680. The van der Waals surface area contributed by atoms with Gasteiger partial charge in [0, 0.05) is 5.92 Å². The summed E-state index contributed by atoms with van der Waals surface area (Å²) in [6.45, 7) is 13.6. The number of ether oxygens (including phenoxy) is 4. The minimum Gasteiger partial charge on any atom is -0.507 e. The van der Waals surface area contributed by atoms with Crippen LogP contribution in [0.1, 0.15) is 135 Å². The van der Waals surface area contributed by atoms with E-state index in [1.807, 2.05) is 6.92 Å². The fourth-order valence-corrected chi connectivity index (χ4v) is 7.65. The second kappa shape index (κ2) is 25.3. The number of carbonyl (C=O) groups is 3. The Morgan fingerprint density at radius 1 is 0.508 bits per heavy atom. The predicted octanol–water partition coefficient (Wildman–Crippen LogP) is 10.6. The number of aromatic hydroxyl groups is 3. The predicted molar refractivity (Wildman–Crippen MR) is 243 cm³/mol. The standard InChI is InChI=1S/C50H70O10S/c1-9-10-11-12-13-14-15-16-17-18-19-33(2)49(61)60-32-50(29-57-43(51)26-40-20-34(3)46(54)35(4)21-40,30-58-44(52)27-41-22-36(5)47(55)37(6)23-41)31-59-45(53)28-42-24-38(7)48(56)39(8)25-42/h20-25,33,54-56H,9-19,26-32H2,1-8H3. The van der Waals surface area contributed by atoms with Crippen LogP contribution in [0.5, 0.6) is 17.2 Å². The Morgan fingerprint density at radius 2 is 0.787 bits per heavy atom. The van der Waals surface area contributed by atoms with Crippen molar-refractivity contribution in [1.29, 1.82) is 0 Å². The Kier molecular flexibility index (Phi) is 21.1. The monoisotopic (exact) mass is 862 g/mol. The lowest BCUT2D eigenvalue weighted by atomic mass is 9.91. The number of thiocarbonyl (C=S) groups is 1. The molecule has 0 aliphatic carbocycles. The average Bonchev–Trinajstić information content (AvgIpc) is 3.20. The molecule has 0 fully saturated rings. The summed E-state index contributed by atoms with van der Waals surface area (Å²) >= 11 is 5.78. The van der Waals surface area contributed by atoms with E-state index in [0.29, 0.717) is 55.1 Å². The lowest BCUT2D eigenvalue weighted by molar-refractivity contribution is -0.164. The van der Waals surface area contributed by atoms with E-state index in [9.17, 15) is 29.7 Å². The van der Waals surface area contributed by atoms with Crippen LogP contribution in [-0.4, -0.2) is 64.7 Å². The van der Waals surface area contributed by atoms with Crippen LogP contribution in [0.25, 0.3) is 0 Å². The number of unbranched alkanes of at least 4 members (excludes halogenated alkanes) is 9. The van der Waals surface area contributed by atoms with Gasteiger partial charge in [-0.15, -0.1) is 0 Å². The Labute approximate surface area is 369 Å². The minimum atomic E-state index is -1.36. The molecule has 0 radical (unpaired) electrons. The van der Waals surface area contributed by atoms with Gasteiger partial charge in [0.1, 0.15) is 49.1 Å². The van der Waals surface area contributed by atoms with Gasteiger partial charge >= 0.3 is 17.9 Å². The first-order valence-corrected chi connectivity index (χ1v) is 22.3. The lowest BCUT2D eigenvalue weighted by Crippen LogP contribution is -2.44. The van der Waals surface area contributed by atoms with Crippen molar-refractivity contribution in [1.82, 2.24) is 0 Å². The molecule has 336 valence electrons. The Morgan fingerprint density at radius 3 is 1.10 bits per heavy atom. The van der Waals surface area contributed by atoms with E-state index in [1.165, 1.54) is 51.4 Å². The molecule has 61 heavy (non-hydrogen) atoms. The number of phenols is 3. The highest BCUT2D eigenvalue weighted by Crippen LogP contribution is 2.28. The number of benzene rings is 3. The van der Waals surface area contributed by atoms with Crippen LogP contribution in [0.2, 0.25) is 0 Å². The van der Waals surface area contributed by atoms with Crippen molar-refractivity contribution < 1.29 is 48.7 Å². The Balaban J connectivity index is 1.81.